The summed E-state index contributed by atoms with van der Waals surface area (Å²) in [4.78, 5) is 0. The Hall–Kier alpha value is 0.250. The molecule has 1 N–H and O–H groups in total. The van der Waals surface area contributed by atoms with E-state index in [-0.39, 0.29) is 0 Å². The van der Waals surface area contributed by atoms with Crippen LogP contribution in [0.1, 0.15) is 32.1 Å². The molecular weight excluding hydrogens is 158 g/mol. The SMILES string of the molecule is ClCCC1C[C@H]2CC[C@@H](C1)N2. The average molecular weight is 174 g/mol. The van der Waals surface area contributed by atoms with E-state index in [0.29, 0.717) is 0 Å². The van der Waals surface area contributed by atoms with Gasteiger partial charge in [-0.25, -0.2) is 0 Å². The number of nitrogens with one attached hydrogen (secondary N) is 1. The minimum Gasteiger partial charge on any atom is -0.311 e. The molecule has 0 amide bonds. The summed E-state index contributed by atoms with van der Waals surface area (Å²) in [6, 6.07) is 1.67. The van der Waals surface area contributed by atoms with Crippen LogP contribution in [0.4, 0.5) is 0 Å². The highest BCUT2D eigenvalue weighted by atomic mass is 35.5. The first-order valence-electron chi connectivity index (χ1n) is 4.70. The van der Waals surface area contributed by atoms with E-state index in [1.165, 1.54) is 32.1 Å². The fourth-order valence-electron chi connectivity index (χ4n) is 2.57. The van der Waals surface area contributed by atoms with E-state index in [1.807, 2.05) is 0 Å². The molecule has 1 nitrogen and oxygen atoms in total. The lowest BCUT2D eigenvalue weighted by atomic mass is 9.90. The van der Waals surface area contributed by atoms with E-state index in [9.17, 15) is 0 Å². The van der Waals surface area contributed by atoms with Gasteiger partial charge in [-0.2, -0.15) is 0 Å². The summed E-state index contributed by atoms with van der Waals surface area (Å²) < 4.78 is 0. The molecule has 0 aromatic carbocycles. The van der Waals surface area contributed by atoms with Gasteiger partial charge in [0.05, 0.1) is 0 Å². The summed E-state index contributed by atoms with van der Waals surface area (Å²) in [6.07, 6.45) is 6.80. The Morgan fingerprint density at radius 3 is 2.36 bits per heavy atom. The van der Waals surface area contributed by atoms with Crippen molar-refractivity contribution in [1.29, 1.82) is 0 Å². The largest absolute Gasteiger partial charge is 0.311 e. The Morgan fingerprint density at radius 1 is 1.18 bits per heavy atom. The van der Waals surface area contributed by atoms with Crippen molar-refractivity contribution in [2.75, 3.05) is 5.88 Å². The molecule has 0 aromatic heterocycles. The van der Waals surface area contributed by atoms with Crippen molar-refractivity contribution in [3.8, 4) is 0 Å². The van der Waals surface area contributed by atoms with Crippen LogP contribution in [0.5, 0.6) is 0 Å². The quantitative estimate of drug-likeness (QED) is 0.631. The molecule has 2 rings (SSSR count). The van der Waals surface area contributed by atoms with Gasteiger partial charge in [0, 0.05) is 18.0 Å². The molecule has 11 heavy (non-hydrogen) atoms. The molecule has 0 aromatic rings. The normalized spacial score (nSPS) is 42.8. The van der Waals surface area contributed by atoms with Gasteiger partial charge in [-0.3, -0.25) is 0 Å². The molecule has 2 bridgehead atoms. The van der Waals surface area contributed by atoms with Gasteiger partial charge >= 0.3 is 0 Å². The Balaban J connectivity index is 1.87. The fraction of sp³-hybridized carbons (Fsp3) is 1.00. The molecule has 64 valence electrons. The second-order valence-electron chi connectivity index (χ2n) is 3.95. The van der Waals surface area contributed by atoms with Crippen molar-refractivity contribution in [2.24, 2.45) is 5.92 Å². The Labute approximate surface area is 73.5 Å². The molecule has 2 heteroatoms. The van der Waals surface area contributed by atoms with Gasteiger partial charge in [-0.1, -0.05) is 0 Å². The minimum atomic E-state index is 0.835. The van der Waals surface area contributed by atoms with E-state index in [4.69, 9.17) is 11.6 Å². The number of piperidine rings is 1. The van der Waals surface area contributed by atoms with Gasteiger partial charge in [0.15, 0.2) is 0 Å². The Morgan fingerprint density at radius 2 is 1.82 bits per heavy atom. The van der Waals surface area contributed by atoms with Gasteiger partial charge in [0.1, 0.15) is 0 Å². The Kier molecular flexibility index (Phi) is 2.38. The second kappa shape index (κ2) is 3.32. The zero-order chi connectivity index (χ0) is 7.68. The third-order valence-corrected chi connectivity index (χ3v) is 3.31. The number of halogens is 1. The van der Waals surface area contributed by atoms with E-state index in [0.717, 1.165) is 23.9 Å². The molecular formula is C9H16ClN. The van der Waals surface area contributed by atoms with Crippen molar-refractivity contribution in [2.45, 2.75) is 44.2 Å². The molecule has 2 heterocycles. The van der Waals surface area contributed by atoms with E-state index >= 15 is 0 Å². The van der Waals surface area contributed by atoms with Gasteiger partial charge in [0.25, 0.3) is 0 Å². The highest BCUT2D eigenvalue weighted by molar-refractivity contribution is 6.17. The monoisotopic (exact) mass is 173 g/mol. The number of hydrogen-bond donors (Lipinski definition) is 1. The molecule has 0 aliphatic carbocycles. The lowest BCUT2D eigenvalue weighted by molar-refractivity contribution is 0.294. The minimum absolute atomic E-state index is 0.835. The van der Waals surface area contributed by atoms with E-state index in [1.54, 1.807) is 0 Å². The molecule has 3 atom stereocenters. The van der Waals surface area contributed by atoms with E-state index in [2.05, 4.69) is 5.32 Å². The van der Waals surface area contributed by atoms with Crippen LogP contribution in [0.3, 0.4) is 0 Å². The van der Waals surface area contributed by atoms with Crippen LogP contribution in [-0.4, -0.2) is 18.0 Å². The topological polar surface area (TPSA) is 12.0 Å². The molecule has 1 unspecified atom stereocenters. The zero-order valence-corrected chi connectivity index (χ0v) is 7.61. The molecule has 2 saturated heterocycles. The van der Waals surface area contributed by atoms with Crippen LogP contribution in [0.2, 0.25) is 0 Å². The molecule has 2 aliphatic heterocycles. The highest BCUT2D eigenvalue weighted by Crippen LogP contribution is 2.32. The first kappa shape index (κ1) is 7.88. The van der Waals surface area contributed by atoms with Crippen molar-refractivity contribution >= 4 is 11.6 Å². The van der Waals surface area contributed by atoms with Crippen LogP contribution < -0.4 is 5.32 Å². The van der Waals surface area contributed by atoms with Gasteiger partial charge in [0.2, 0.25) is 0 Å². The fourth-order valence-corrected chi connectivity index (χ4v) is 2.87. The summed E-state index contributed by atoms with van der Waals surface area (Å²) in [5.41, 5.74) is 0. The van der Waals surface area contributed by atoms with Crippen LogP contribution in [-0.2, 0) is 0 Å². The number of fused-ring (bicyclic) bond motifs is 2. The Bertz CT molecular complexity index is 126. The number of hydrogen-bond acceptors (Lipinski definition) is 1. The maximum atomic E-state index is 5.73. The molecule has 2 fully saturated rings. The first-order chi connectivity index (χ1) is 5.38. The van der Waals surface area contributed by atoms with Gasteiger partial charge in [-0.05, 0) is 38.0 Å². The lowest BCUT2D eigenvalue weighted by Crippen LogP contribution is -2.38. The van der Waals surface area contributed by atoms with Crippen molar-refractivity contribution in [3.63, 3.8) is 0 Å². The summed E-state index contributed by atoms with van der Waals surface area (Å²) in [5, 5.41) is 3.64. The number of rotatable bonds is 2. The predicted octanol–water partition coefficient (Wildman–Crippen LogP) is 2.15. The van der Waals surface area contributed by atoms with Crippen molar-refractivity contribution in [3.05, 3.63) is 0 Å². The maximum Gasteiger partial charge on any atom is 0.0226 e. The summed E-state index contributed by atoms with van der Waals surface area (Å²) >= 11 is 5.73. The number of alkyl halides is 1. The third-order valence-electron chi connectivity index (χ3n) is 3.09. The molecule has 0 radical (unpaired) electrons. The molecule has 0 spiro atoms. The maximum absolute atomic E-state index is 5.73. The van der Waals surface area contributed by atoms with Crippen LogP contribution >= 0.6 is 11.6 Å². The summed E-state index contributed by atoms with van der Waals surface area (Å²) in [7, 11) is 0. The van der Waals surface area contributed by atoms with Crippen LogP contribution in [0, 0.1) is 5.92 Å². The molecule has 2 aliphatic rings. The highest BCUT2D eigenvalue weighted by Gasteiger charge is 2.32. The standard InChI is InChI=1S/C9H16ClN/c10-4-3-7-5-8-1-2-9(6-7)11-8/h7-9,11H,1-6H2/t7?,8-,9+. The first-order valence-corrected chi connectivity index (χ1v) is 5.24. The van der Waals surface area contributed by atoms with Gasteiger partial charge < -0.3 is 5.32 Å². The molecule has 0 saturated carbocycles. The smallest absolute Gasteiger partial charge is 0.0226 e. The van der Waals surface area contributed by atoms with Crippen molar-refractivity contribution in [1.82, 2.24) is 5.32 Å². The van der Waals surface area contributed by atoms with Crippen molar-refractivity contribution < 1.29 is 0 Å². The van der Waals surface area contributed by atoms with Gasteiger partial charge in [-0.15, -0.1) is 11.6 Å². The summed E-state index contributed by atoms with van der Waals surface area (Å²) in [5.74, 6) is 1.77. The predicted molar refractivity (Wildman–Crippen MR) is 48.0 cm³/mol. The van der Waals surface area contributed by atoms with Crippen LogP contribution in [0.25, 0.3) is 0 Å². The van der Waals surface area contributed by atoms with E-state index < -0.39 is 0 Å². The second-order valence-corrected chi connectivity index (χ2v) is 4.33. The lowest BCUT2D eigenvalue weighted by Gasteiger charge is -2.28. The zero-order valence-electron chi connectivity index (χ0n) is 6.85. The average Bonchev–Trinajstić information content (AvgIpc) is 2.32. The third kappa shape index (κ3) is 1.70. The van der Waals surface area contributed by atoms with Crippen LogP contribution in [0.15, 0.2) is 0 Å². The summed E-state index contributed by atoms with van der Waals surface area (Å²) in [6.45, 7) is 0.